The average Bonchev–Trinajstić information content (AvgIpc) is 3.11. The van der Waals surface area contributed by atoms with Crippen LogP contribution in [-0.2, 0) is 9.47 Å². The molecule has 4 aromatic rings. The van der Waals surface area contributed by atoms with Crippen LogP contribution in [0.5, 0.6) is 0 Å². The number of alkyl halides is 1. The van der Waals surface area contributed by atoms with Crippen molar-refractivity contribution in [3.63, 3.8) is 0 Å². The zero-order chi connectivity index (χ0) is 36.3. The van der Waals surface area contributed by atoms with Gasteiger partial charge in [-0.25, -0.2) is 0 Å². The second-order valence-corrected chi connectivity index (χ2v) is 14.0. The molecule has 2 amide bonds. The summed E-state index contributed by atoms with van der Waals surface area (Å²) in [5, 5.41) is 10.9. The highest BCUT2D eigenvalue weighted by Gasteiger charge is 2.23. The molecule has 1 N–H and O–H groups in total. The Hall–Kier alpha value is -4.24. The number of hydrogen-bond donors (Lipinski definition) is 1. The molecule has 0 radical (unpaired) electrons. The summed E-state index contributed by atoms with van der Waals surface area (Å²) in [6, 6.07) is 9.45. The molecule has 6 rings (SSSR count). The topological polar surface area (TPSA) is 146 Å². The van der Waals surface area contributed by atoms with Crippen LogP contribution in [0.25, 0.3) is 21.9 Å². The monoisotopic (exact) mass is 754 g/mol. The first-order valence-electron chi connectivity index (χ1n) is 16.4. The number of amides is 2. The Balaban J connectivity index is 0.000000194. The van der Waals surface area contributed by atoms with Gasteiger partial charge in [-0.3, -0.25) is 19.2 Å². The molecule has 2 aliphatic rings. The second kappa shape index (κ2) is 15.8. The van der Waals surface area contributed by atoms with Gasteiger partial charge in [0, 0.05) is 93.6 Å². The molecule has 268 valence electrons. The van der Waals surface area contributed by atoms with Crippen LogP contribution in [0.15, 0.2) is 54.8 Å². The van der Waals surface area contributed by atoms with E-state index in [9.17, 15) is 24.3 Å². The van der Waals surface area contributed by atoms with Crippen molar-refractivity contribution in [1.29, 1.82) is 0 Å². The molecule has 2 saturated heterocycles. The van der Waals surface area contributed by atoms with Gasteiger partial charge in [0.25, 0.3) is 11.8 Å². The molecule has 2 aromatic heterocycles. The highest BCUT2D eigenvalue weighted by atomic mass is 79.9. The molecule has 0 bridgehead atoms. The molecule has 2 unspecified atom stereocenters. The standard InChI is InChI=1S/C18H21BrN2O4.C18H22N2O5/c1-11(19)13-8-12(18(23)20(2)3)9-14-15(22)10-16(25-17(13)14)21-4-6-24-7-5-21;1-11(21)13-8-12(18(23)19(2)3)9-14-15(22)10-16(25-17(13)14)20-4-6-24-7-5-20/h8-11H,4-7H2,1-3H3;8-11,21H,4-7H2,1-3H3. The van der Waals surface area contributed by atoms with Gasteiger partial charge in [-0.2, -0.15) is 0 Å². The van der Waals surface area contributed by atoms with Gasteiger partial charge >= 0.3 is 0 Å². The number of fused-ring (bicyclic) bond motifs is 2. The van der Waals surface area contributed by atoms with Crippen LogP contribution in [0, 0.1) is 0 Å². The van der Waals surface area contributed by atoms with Crippen LogP contribution in [0.3, 0.4) is 0 Å². The van der Waals surface area contributed by atoms with Gasteiger partial charge in [-0.05, 0) is 38.1 Å². The molecule has 2 fully saturated rings. The molecule has 2 aromatic carbocycles. The Kier molecular flexibility index (Phi) is 11.7. The summed E-state index contributed by atoms with van der Waals surface area (Å²) in [7, 11) is 6.65. The van der Waals surface area contributed by atoms with Gasteiger partial charge in [0.05, 0.1) is 43.3 Å². The minimum atomic E-state index is -0.875. The molecule has 2 aliphatic heterocycles. The molecular formula is C36H43BrN4O9. The van der Waals surface area contributed by atoms with E-state index in [0.717, 1.165) is 5.56 Å². The Labute approximate surface area is 298 Å². The fourth-order valence-corrected chi connectivity index (χ4v) is 6.13. The van der Waals surface area contributed by atoms with Crippen LogP contribution in [0.2, 0.25) is 0 Å². The van der Waals surface area contributed by atoms with Gasteiger partial charge in [0.2, 0.25) is 0 Å². The number of anilines is 2. The summed E-state index contributed by atoms with van der Waals surface area (Å²) >= 11 is 3.55. The fraction of sp³-hybridized carbons (Fsp3) is 0.444. The number of nitrogens with zero attached hydrogens (tertiary/aromatic N) is 4. The third kappa shape index (κ3) is 8.04. The van der Waals surface area contributed by atoms with E-state index in [4.69, 9.17) is 18.3 Å². The number of rotatable bonds is 6. The first kappa shape index (κ1) is 37.0. The van der Waals surface area contributed by atoms with E-state index in [1.807, 2.05) is 16.7 Å². The van der Waals surface area contributed by atoms with Crippen LogP contribution in [0.4, 0.5) is 11.8 Å². The lowest BCUT2D eigenvalue weighted by molar-refractivity contribution is 0.0820. The van der Waals surface area contributed by atoms with Crippen molar-refractivity contribution in [2.75, 3.05) is 90.6 Å². The maximum atomic E-state index is 12.7. The highest BCUT2D eigenvalue weighted by Crippen LogP contribution is 2.33. The molecular weight excluding hydrogens is 712 g/mol. The van der Waals surface area contributed by atoms with Crippen LogP contribution in [0.1, 0.15) is 56.6 Å². The van der Waals surface area contributed by atoms with E-state index in [1.54, 1.807) is 53.3 Å². The first-order valence-corrected chi connectivity index (χ1v) is 17.3. The van der Waals surface area contributed by atoms with Gasteiger partial charge < -0.3 is 43.0 Å². The zero-order valence-corrected chi connectivity index (χ0v) is 30.7. The van der Waals surface area contributed by atoms with Crippen LogP contribution >= 0.6 is 15.9 Å². The van der Waals surface area contributed by atoms with Crippen molar-refractivity contribution in [3.05, 3.63) is 79.1 Å². The van der Waals surface area contributed by atoms with Gasteiger partial charge in [0.1, 0.15) is 11.2 Å². The van der Waals surface area contributed by atoms with E-state index >= 15 is 0 Å². The molecule has 50 heavy (non-hydrogen) atoms. The lowest BCUT2D eigenvalue weighted by Gasteiger charge is -2.27. The Bertz CT molecular complexity index is 1850. The predicted octanol–water partition coefficient (Wildman–Crippen LogP) is 4.17. The number of carbonyl (C=O) groups excluding carboxylic acids is 2. The van der Waals surface area contributed by atoms with Crippen molar-refractivity contribution in [2.24, 2.45) is 0 Å². The fourth-order valence-electron chi connectivity index (χ4n) is 5.79. The summed E-state index contributed by atoms with van der Waals surface area (Å²) in [5.41, 5.74) is 2.49. The number of aliphatic hydroxyl groups is 1. The van der Waals surface area contributed by atoms with Crippen molar-refractivity contribution in [3.8, 4) is 0 Å². The number of halogens is 1. The number of hydrogen-bond acceptors (Lipinski definition) is 11. The van der Waals surface area contributed by atoms with Crippen molar-refractivity contribution < 1.29 is 33.0 Å². The van der Waals surface area contributed by atoms with Crippen LogP contribution < -0.4 is 20.7 Å². The number of carbonyl (C=O) groups is 2. The molecule has 0 saturated carbocycles. The van der Waals surface area contributed by atoms with E-state index in [0.29, 0.717) is 103 Å². The summed E-state index contributed by atoms with van der Waals surface area (Å²) < 4.78 is 22.7. The molecule has 14 heteroatoms. The third-order valence-electron chi connectivity index (χ3n) is 8.52. The smallest absolute Gasteiger partial charge is 0.253 e. The van der Waals surface area contributed by atoms with E-state index in [1.165, 1.54) is 28.0 Å². The summed E-state index contributed by atoms with van der Waals surface area (Å²) in [4.78, 5) is 56.8. The normalized spacial score (nSPS) is 16.1. The Morgan fingerprint density at radius 2 is 1.06 bits per heavy atom. The number of ether oxygens (including phenoxy) is 2. The van der Waals surface area contributed by atoms with E-state index in [-0.39, 0.29) is 27.5 Å². The average molecular weight is 756 g/mol. The SMILES string of the molecule is CC(Br)c1cc(C(=O)N(C)C)cc2c(=O)cc(N3CCOCC3)oc12.CC(O)c1cc(C(=O)N(C)C)cc2c(=O)cc(N3CCOCC3)oc12. The van der Waals surface area contributed by atoms with Gasteiger partial charge in [-0.15, -0.1) is 0 Å². The van der Waals surface area contributed by atoms with Crippen molar-refractivity contribution in [2.45, 2.75) is 24.8 Å². The summed E-state index contributed by atoms with van der Waals surface area (Å²) in [6.45, 7) is 8.53. The van der Waals surface area contributed by atoms with Crippen LogP contribution in [-0.4, -0.2) is 108 Å². The lowest BCUT2D eigenvalue weighted by Crippen LogP contribution is -2.36. The number of benzene rings is 2. The number of morpholine rings is 2. The van der Waals surface area contributed by atoms with E-state index in [2.05, 4.69) is 15.9 Å². The number of aliphatic hydroxyl groups excluding tert-OH is 1. The minimum Gasteiger partial charge on any atom is -0.440 e. The Morgan fingerprint density at radius 3 is 1.42 bits per heavy atom. The largest absolute Gasteiger partial charge is 0.440 e. The molecule has 0 spiro atoms. The lowest BCUT2D eigenvalue weighted by atomic mass is 10.0. The summed E-state index contributed by atoms with van der Waals surface area (Å²) in [5.74, 6) is 0.615. The second-order valence-electron chi connectivity index (χ2n) is 12.7. The maximum Gasteiger partial charge on any atom is 0.253 e. The van der Waals surface area contributed by atoms with Gasteiger partial charge in [0.15, 0.2) is 22.6 Å². The predicted molar refractivity (Wildman–Crippen MR) is 195 cm³/mol. The Morgan fingerprint density at radius 1 is 0.680 bits per heavy atom. The highest BCUT2D eigenvalue weighted by molar-refractivity contribution is 9.09. The zero-order valence-electron chi connectivity index (χ0n) is 29.2. The molecule has 4 heterocycles. The molecule has 13 nitrogen and oxygen atoms in total. The third-order valence-corrected chi connectivity index (χ3v) is 9.01. The minimum absolute atomic E-state index is 0.0620. The first-order chi connectivity index (χ1) is 23.8. The van der Waals surface area contributed by atoms with Crippen molar-refractivity contribution >= 4 is 61.5 Å². The van der Waals surface area contributed by atoms with E-state index < -0.39 is 6.10 Å². The van der Waals surface area contributed by atoms with Gasteiger partial charge in [-0.1, -0.05) is 15.9 Å². The summed E-state index contributed by atoms with van der Waals surface area (Å²) in [6.07, 6.45) is -0.875. The van der Waals surface area contributed by atoms with Crippen molar-refractivity contribution in [1.82, 2.24) is 9.80 Å². The molecule has 2 atom stereocenters. The molecule has 0 aliphatic carbocycles. The maximum absolute atomic E-state index is 12.7. The quantitative estimate of drug-likeness (QED) is 0.283.